The molecule has 2 aromatic heterocycles. The molecule has 55 heavy (non-hydrogen) atoms. The Morgan fingerprint density at radius 1 is 0.473 bits per heavy atom. The molecule has 2 aliphatic rings. The molecule has 2 atom stereocenters. The molecule has 0 bridgehead atoms. The second kappa shape index (κ2) is 14.1. The lowest BCUT2D eigenvalue weighted by molar-refractivity contribution is 0.668. The van der Waals surface area contributed by atoms with Crippen molar-refractivity contribution in [1.29, 1.82) is 0 Å². The smallest absolute Gasteiger partial charge is 0.164 e. The Morgan fingerprint density at radius 3 is 1.80 bits per heavy atom. The third-order valence-electron chi connectivity index (χ3n) is 10.9. The molecule has 0 N–H and O–H groups in total. The summed E-state index contributed by atoms with van der Waals surface area (Å²) >= 11 is 0. The molecule has 2 heterocycles. The van der Waals surface area contributed by atoms with Gasteiger partial charge in [0.2, 0.25) is 0 Å². The van der Waals surface area contributed by atoms with Gasteiger partial charge in [-0.25, -0.2) is 15.0 Å². The fraction of sp³-hybridized carbons (Fsp3) is 0.0784. The van der Waals surface area contributed by atoms with Crippen LogP contribution in [0.4, 0.5) is 0 Å². The lowest BCUT2D eigenvalue weighted by Gasteiger charge is -2.17. The SMILES string of the molecule is C1=CCC(c2ccc(-c3nc(-c4ccc(-c5ccccc5)cc4)nc(-c4cccc5oc6ccc(C7C=CC(c8ccccc8)=CC7)cc6c45)n3)cc2)C=C1. The zero-order chi connectivity index (χ0) is 36.6. The number of aromatic nitrogens is 3. The number of nitrogens with zero attached hydrogens (tertiary/aromatic N) is 3. The number of hydrogen-bond donors (Lipinski definition) is 0. The third kappa shape index (κ3) is 6.42. The van der Waals surface area contributed by atoms with E-state index in [2.05, 4.69) is 170 Å². The Labute approximate surface area is 320 Å². The van der Waals surface area contributed by atoms with Gasteiger partial charge in [-0.1, -0.05) is 170 Å². The van der Waals surface area contributed by atoms with Crippen molar-refractivity contribution < 1.29 is 4.42 Å². The third-order valence-corrected chi connectivity index (χ3v) is 10.9. The van der Waals surface area contributed by atoms with E-state index in [0.717, 1.165) is 57.0 Å². The lowest BCUT2D eigenvalue weighted by atomic mass is 9.87. The van der Waals surface area contributed by atoms with Gasteiger partial charge in [0, 0.05) is 39.3 Å². The van der Waals surface area contributed by atoms with Crippen molar-refractivity contribution in [2.24, 2.45) is 0 Å². The number of hydrogen-bond acceptors (Lipinski definition) is 4. The van der Waals surface area contributed by atoms with Gasteiger partial charge in [0.25, 0.3) is 0 Å². The van der Waals surface area contributed by atoms with Crippen LogP contribution in [-0.4, -0.2) is 15.0 Å². The van der Waals surface area contributed by atoms with Gasteiger partial charge in [-0.2, -0.15) is 0 Å². The van der Waals surface area contributed by atoms with Crippen LogP contribution in [0.3, 0.4) is 0 Å². The minimum absolute atomic E-state index is 0.270. The van der Waals surface area contributed by atoms with Crippen molar-refractivity contribution in [3.8, 4) is 45.3 Å². The molecule has 262 valence electrons. The Morgan fingerprint density at radius 2 is 1.11 bits per heavy atom. The van der Waals surface area contributed by atoms with Crippen LogP contribution in [-0.2, 0) is 0 Å². The molecule has 0 saturated carbocycles. The second-order valence-electron chi connectivity index (χ2n) is 14.3. The van der Waals surface area contributed by atoms with E-state index < -0.39 is 0 Å². The van der Waals surface area contributed by atoms with Crippen molar-refractivity contribution in [3.63, 3.8) is 0 Å². The highest BCUT2D eigenvalue weighted by Gasteiger charge is 2.20. The average Bonchev–Trinajstić information content (AvgIpc) is 3.66. The minimum atomic E-state index is 0.270. The Hall–Kier alpha value is -6.91. The van der Waals surface area contributed by atoms with E-state index in [0.29, 0.717) is 23.4 Å². The highest BCUT2D eigenvalue weighted by atomic mass is 16.3. The minimum Gasteiger partial charge on any atom is -0.456 e. The molecule has 8 aromatic rings. The van der Waals surface area contributed by atoms with Crippen molar-refractivity contribution in [2.45, 2.75) is 24.7 Å². The van der Waals surface area contributed by atoms with Crippen LogP contribution in [0.1, 0.15) is 41.4 Å². The monoisotopic (exact) mass is 707 g/mol. The van der Waals surface area contributed by atoms with Gasteiger partial charge in [0.15, 0.2) is 17.5 Å². The summed E-state index contributed by atoms with van der Waals surface area (Å²) in [4.78, 5) is 15.5. The Balaban J connectivity index is 1.07. The summed E-state index contributed by atoms with van der Waals surface area (Å²) < 4.78 is 6.48. The molecule has 10 rings (SSSR count). The predicted molar refractivity (Wildman–Crippen MR) is 225 cm³/mol. The van der Waals surface area contributed by atoms with Crippen LogP contribution in [0.5, 0.6) is 0 Å². The Bertz CT molecular complexity index is 2790. The molecular weight excluding hydrogens is 671 g/mol. The summed E-state index contributed by atoms with van der Waals surface area (Å²) in [5, 5.41) is 2.07. The summed E-state index contributed by atoms with van der Waals surface area (Å²) in [6, 6.07) is 50.9. The fourth-order valence-corrected chi connectivity index (χ4v) is 7.88. The van der Waals surface area contributed by atoms with E-state index in [4.69, 9.17) is 19.4 Å². The summed E-state index contributed by atoms with van der Waals surface area (Å²) in [5.41, 5.74) is 11.8. The van der Waals surface area contributed by atoms with Gasteiger partial charge >= 0.3 is 0 Å². The maximum atomic E-state index is 6.48. The molecule has 0 aliphatic heterocycles. The molecule has 0 amide bonds. The van der Waals surface area contributed by atoms with Crippen molar-refractivity contribution in [1.82, 2.24) is 15.0 Å². The molecule has 0 spiro atoms. The number of benzene rings is 6. The van der Waals surface area contributed by atoms with E-state index in [-0.39, 0.29) is 5.92 Å². The van der Waals surface area contributed by atoms with Crippen molar-refractivity contribution >= 4 is 27.5 Å². The molecule has 0 fully saturated rings. The zero-order valence-electron chi connectivity index (χ0n) is 30.2. The molecule has 6 aromatic carbocycles. The maximum Gasteiger partial charge on any atom is 0.164 e. The molecule has 0 radical (unpaired) electrons. The van der Waals surface area contributed by atoms with Gasteiger partial charge in [-0.15, -0.1) is 0 Å². The molecule has 2 unspecified atom stereocenters. The van der Waals surface area contributed by atoms with E-state index in [1.807, 2.05) is 18.2 Å². The number of furan rings is 1. The first-order valence-electron chi connectivity index (χ1n) is 19.0. The van der Waals surface area contributed by atoms with Crippen LogP contribution in [0.15, 0.2) is 193 Å². The van der Waals surface area contributed by atoms with Gasteiger partial charge in [0.1, 0.15) is 11.2 Å². The highest BCUT2D eigenvalue weighted by Crippen LogP contribution is 2.40. The van der Waals surface area contributed by atoms with Gasteiger partial charge < -0.3 is 4.42 Å². The molecule has 2 aliphatic carbocycles. The first-order chi connectivity index (χ1) is 27.2. The lowest BCUT2D eigenvalue weighted by Crippen LogP contribution is -2.01. The average molecular weight is 708 g/mol. The maximum absolute atomic E-state index is 6.48. The number of rotatable bonds is 7. The molecule has 4 heteroatoms. The first kappa shape index (κ1) is 32.7. The largest absolute Gasteiger partial charge is 0.456 e. The zero-order valence-corrected chi connectivity index (χ0v) is 30.2. The van der Waals surface area contributed by atoms with E-state index >= 15 is 0 Å². The quantitative estimate of drug-likeness (QED) is 0.165. The van der Waals surface area contributed by atoms with Crippen LogP contribution in [0, 0.1) is 0 Å². The van der Waals surface area contributed by atoms with Crippen molar-refractivity contribution in [3.05, 3.63) is 205 Å². The van der Waals surface area contributed by atoms with Crippen LogP contribution >= 0.6 is 0 Å². The first-order valence-corrected chi connectivity index (χ1v) is 19.0. The van der Waals surface area contributed by atoms with E-state index in [9.17, 15) is 0 Å². The Kier molecular flexibility index (Phi) is 8.42. The van der Waals surface area contributed by atoms with Crippen LogP contribution in [0.25, 0.3) is 72.8 Å². The predicted octanol–water partition coefficient (Wildman–Crippen LogP) is 13.2. The van der Waals surface area contributed by atoms with E-state index in [1.54, 1.807) is 0 Å². The second-order valence-corrected chi connectivity index (χ2v) is 14.3. The van der Waals surface area contributed by atoms with Crippen molar-refractivity contribution in [2.75, 3.05) is 0 Å². The number of fused-ring (bicyclic) bond motifs is 3. The van der Waals surface area contributed by atoms with Crippen LogP contribution < -0.4 is 0 Å². The summed E-state index contributed by atoms with van der Waals surface area (Å²) in [6.07, 6.45) is 17.6. The molecule has 4 nitrogen and oxygen atoms in total. The molecule has 0 saturated heterocycles. The topological polar surface area (TPSA) is 51.8 Å². The van der Waals surface area contributed by atoms with E-state index in [1.165, 1.54) is 27.8 Å². The van der Waals surface area contributed by atoms with Gasteiger partial charge in [0.05, 0.1) is 0 Å². The summed E-state index contributed by atoms with van der Waals surface area (Å²) in [6.45, 7) is 0. The molecular formula is C51H37N3O. The van der Waals surface area contributed by atoms with Gasteiger partial charge in [-0.3, -0.25) is 0 Å². The number of allylic oxidation sites excluding steroid dienone is 8. The van der Waals surface area contributed by atoms with Crippen LogP contribution in [0.2, 0.25) is 0 Å². The summed E-state index contributed by atoms with van der Waals surface area (Å²) in [7, 11) is 0. The summed E-state index contributed by atoms with van der Waals surface area (Å²) in [5.74, 6) is 2.52. The highest BCUT2D eigenvalue weighted by molar-refractivity contribution is 6.12. The standard InChI is InChI=1S/C51H37N3O/c1-4-11-34(12-5-1)37-19-21-40(22-20-37)43-31-32-46-45(33-43)48-44(17-10-18-47(48)55-46)51-53-49(41-27-23-38(24-28-41)35-13-6-2-7-14-35)52-50(54-51)42-29-25-39(26-30-42)36-15-8-3-9-16-36/h1-15,17-21,23-33,36,40H,16,22H2. The normalized spacial score (nSPS) is 16.5. The fourth-order valence-electron chi connectivity index (χ4n) is 7.88. The van der Waals surface area contributed by atoms with Gasteiger partial charge in [-0.05, 0) is 64.4 Å².